The highest BCUT2D eigenvalue weighted by atomic mass is 32.2. The van der Waals surface area contributed by atoms with E-state index in [1.807, 2.05) is 40.0 Å². The molecular formula is C24H26N2O5S. The third kappa shape index (κ3) is 5.13. The van der Waals surface area contributed by atoms with Gasteiger partial charge in [0.25, 0.3) is 0 Å². The number of benzene rings is 1. The molecule has 0 fully saturated rings. The standard InChI is InChI=1S/C24H26N2O5S/c1-4-30-21(27)11-14-32-16-17(3)25-12-13-26-20(22(28)18-9-7-6-8-10-18)15-19(23(25)26)24(29)31-5-2/h6-11,14-16H,4-5,12-13H2,1-3H3. The molecule has 168 valence electrons. The average molecular weight is 455 g/mol. The Morgan fingerprint density at radius 3 is 2.47 bits per heavy atom. The maximum absolute atomic E-state index is 13.1. The maximum Gasteiger partial charge on any atom is 0.341 e. The van der Waals surface area contributed by atoms with Crippen molar-refractivity contribution in [2.24, 2.45) is 0 Å². The summed E-state index contributed by atoms with van der Waals surface area (Å²) in [5, 5.41) is 3.53. The molecule has 32 heavy (non-hydrogen) atoms. The molecule has 0 atom stereocenters. The first kappa shape index (κ1) is 23.4. The Labute approximate surface area is 191 Å². The Bertz CT molecular complexity index is 1060. The lowest BCUT2D eigenvalue weighted by Crippen LogP contribution is -2.20. The van der Waals surface area contributed by atoms with E-state index in [4.69, 9.17) is 9.47 Å². The van der Waals surface area contributed by atoms with Crippen LogP contribution in [0.5, 0.6) is 0 Å². The molecule has 0 N–H and O–H groups in total. The fraction of sp³-hybridized carbons (Fsp3) is 0.292. The van der Waals surface area contributed by atoms with Crippen molar-refractivity contribution >= 4 is 35.3 Å². The number of hydrogen-bond acceptors (Lipinski definition) is 7. The van der Waals surface area contributed by atoms with Crippen LogP contribution in [0.15, 0.2) is 59.0 Å². The van der Waals surface area contributed by atoms with E-state index in [2.05, 4.69) is 0 Å². The first-order chi connectivity index (χ1) is 15.5. The zero-order valence-electron chi connectivity index (χ0n) is 18.4. The van der Waals surface area contributed by atoms with Gasteiger partial charge in [0.05, 0.1) is 18.9 Å². The number of nitrogens with zero attached hydrogens (tertiary/aromatic N) is 2. The molecule has 0 saturated heterocycles. The van der Waals surface area contributed by atoms with Crippen LogP contribution >= 0.6 is 11.8 Å². The van der Waals surface area contributed by atoms with E-state index in [0.717, 1.165) is 5.70 Å². The van der Waals surface area contributed by atoms with Gasteiger partial charge >= 0.3 is 11.9 Å². The lowest BCUT2D eigenvalue weighted by molar-refractivity contribution is -0.137. The minimum atomic E-state index is -0.460. The third-order valence-electron chi connectivity index (χ3n) is 4.87. The fourth-order valence-corrected chi connectivity index (χ4v) is 4.07. The lowest BCUT2D eigenvalue weighted by atomic mass is 10.1. The van der Waals surface area contributed by atoms with Crippen LogP contribution in [0.4, 0.5) is 5.82 Å². The second kappa shape index (κ2) is 10.9. The number of ketones is 1. The first-order valence-electron chi connectivity index (χ1n) is 10.4. The number of carbonyl (C=O) groups excluding carboxylic acids is 3. The number of allylic oxidation sites excluding steroid dienone is 1. The zero-order valence-corrected chi connectivity index (χ0v) is 19.2. The van der Waals surface area contributed by atoms with E-state index < -0.39 is 11.9 Å². The number of ether oxygens (including phenoxy) is 2. The highest BCUT2D eigenvalue weighted by Gasteiger charge is 2.33. The van der Waals surface area contributed by atoms with Crippen LogP contribution in [0.25, 0.3) is 0 Å². The summed E-state index contributed by atoms with van der Waals surface area (Å²) in [5.41, 5.74) is 2.26. The highest BCUT2D eigenvalue weighted by molar-refractivity contribution is 8.04. The van der Waals surface area contributed by atoms with E-state index in [1.165, 1.54) is 17.8 Å². The van der Waals surface area contributed by atoms with Gasteiger partial charge < -0.3 is 18.9 Å². The Balaban J connectivity index is 1.91. The SMILES string of the molecule is CCOC(=O)C=CSC=C(C)N1CCn2c(C(=O)c3ccccc3)cc(C(=O)OCC)c21. The monoisotopic (exact) mass is 454 g/mol. The summed E-state index contributed by atoms with van der Waals surface area (Å²) >= 11 is 1.33. The van der Waals surface area contributed by atoms with E-state index in [0.29, 0.717) is 42.3 Å². The number of aromatic nitrogens is 1. The predicted octanol–water partition coefficient (Wildman–Crippen LogP) is 4.39. The van der Waals surface area contributed by atoms with E-state index in [-0.39, 0.29) is 12.4 Å². The van der Waals surface area contributed by atoms with Gasteiger partial charge in [-0.05, 0) is 37.7 Å². The average Bonchev–Trinajstić information content (AvgIpc) is 3.38. The normalized spacial score (nSPS) is 13.3. The van der Waals surface area contributed by atoms with Gasteiger partial charge in [-0.15, -0.1) is 11.8 Å². The Morgan fingerprint density at radius 1 is 1.06 bits per heavy atom. The van der Waals surface area contributed by atoms with Gasteiger partial charge in [-0.2, -0.15) is 0 Å². The smallest absolute Gasteiger partial charge is 0.341 e. The van der Waals surface area contributed by atoms with Gasteiger partial charge in [0.1, 0.15) is 11.4 Å². The van der Waals surface area contributed by atoms with Gasteiger partial charge in [0.15, 0.2) is 0 Å². The van der Waals surface area contributed by atoms with Crippen molar-refractivity contribution in [3.63, 3.8) is 0 Å². The summed E-state index contributed by atoms with van der Waals surface area (Å²) in [4.78, 5) is 39.2. The van der Waals surface area contributed by atoms with Crippen molar-refractivity contribution in [2.75, 3.05) is 24.7 Å². The number of thioether (sulfide) groups is 1. The van der Waals surface area contributed by atoms with Gasteiger partial charge in [0.2, 0.25) is 5.78 Å². The van der Waals surface area contributed by atoms with Crippen LogP contribution in [0, 0.1) is 0 Å². The number of anilines is 1. The molecule has 1 aromatic heterocycles. The molecule has 0 aliphatic carbocycles. The van der Waals surface area contributed by atoms with Crippen LogP contribution < -0.4 is 4.90 Å². The molecule has 8 heteroatoms. The molecule has 1 aliphatic rings. The Kier molecular flexibility index (Phi) is 7.94. The van der Waals surface area contributed by atoms with Crippen LogP contribution in [0.2, 0.25) is 0 Å². The summed E-state index contributed by atoms with van der Waals surface area (Å²) in [6.07, 6.45) is 1.37. The second-order valence-electron chi connectivity index (χ2n) is 6.94. The van der Waals surface area contributed by atoms with Crippen LogP contribution in [0.3, 0.4) is 0 Å². The van der Waals surface area contributed by atoms with Crippen molar-refractivity contribution in [3.8, 4) is 0 Å². The summed E-state index contributed by atoms with van der Waals surface area (Å²) in [6.45, 7) is 7.17. The maximum atomic E-state index is 13.1. The van der Waals surface area contributed by atoms with Crippen LogP contribution in [-0.2, 0) is 20.8 Å². The minimum absolute atomic E-state index is 0.141. The lowest BCUT2D eigenvalue weighted by Gasteiger charge is -2.19. The molecule has 0 radical (unpaired) electrons. The molecular weight excluding hydrogens is 428 g/mol. The summed E-state index contributed by atoms with van der Waals surface area (Å²) in [7, 11) is 0. The highest BCUT2D eigenvalue weighted by Crippen LogP contribution is 2.35. The van der Waals surface area contributed by atoms with Crippen LogP contribution in [-0.4, -0.2) is 42.0 Å². The Hall–Kier alpha value is -3.26. The molecule has 0 spiro atoms. The molecule has 1 aliphatic heterocycles. The summed E-state index contributed by atoms with van der Waals surface area (Å²) in [5.74, 6) is -0.350. The largest absolute Gasteiger partial charge is 0.463 e. The molecule has 0 bridgehead atoms. The van der Waals surface area contributed by atoms with Crippen molar-refractivity contribution in [3.05, 3.63) is 75.8 Å². The fourth-order valence-electron chi connectivity index (χ4n) is 3.48. The van der Waals surface area contributed by atoms with Crippen molar-refractivity contribution in [2.45, 2.75) is 27.3 Å². The van der Waals surface area contributed by atoms with Gasteiger partial charge in [0, 0.05) is 30.4 Å². The molecule has 3 rings (SSSR count). The molecule has 0 unspecified atom stereocenters. The minimum Gasteiger partial charge on any atom is -0.463 e. The molecule has 2 aromatic rings. The van der Waals surface area contributed by atoms with E-state index in [9.17, 15) is 14.4 Å². The van der Waals surface area contributed by atoms with E-state index >= 15 is 0 Å². The molecule has 7 nitrogen and oxygen atoms in total. The first-order valence-corrected chi connectivity index (χ1v) is 11.4. The predicted molar refractivity (Wildman–Crippen MR) is 125 cm³/mol. The van der Waals surface area contributed by atoms with Gasteiger partial charge in [-0.1, -0.05) is 30.3 Å². The topological polar surface area (TPSA) is 77.8 Å². The number of hydrogen-bond donors (Lipinski definition) is 0. The van der Waals surface area contributed by atoms with Crippen LogP contribution in [0.1, 0.15) is 47.2 Å². The molecule has 0 saturated carbocycles. The number of fused-ring (bicyclic) bond motifs is 1. The summed E-state index contributed by atoms with van der Waals surface area (Å²) < 4.78 is 12.0. The van der Waals surface area contributed by atoms with Gasteiger partial charge in [-0.3, -0.25) is 4.79 Å². The number of rotatable bonds is 9. The Morgan fingerprint density at radius 2 is 1.78 bits per heavy atom. The number of esters is 2. The number of carbonyl (C=O) groups is 3. The molecule has 2 heterocycles. The van der Waals surface area contributed by atoms with Crippen molar-refractivity contribution in [1.29, 1.82) is 0 Å². The quantitative estimate of drug-likeness (QED) is 0.316. The molecule has 0 amide bonds. The zero-order chi connectivity index (χ0) is 23.1. The second-order valence-corrected chi connectivity index (χ2v) is 7.72. The van der Waals surface area contributed by atoms with Crippen molar-refractivity contribution in [1.82, 2.24) is 4.57 Å². The third-order valence-corrected chi connectivity index (χ3v) is 5.64. The molecule has 1 aromatic carbocycles. The van der Waals surface area contributed by atoms with Gasteiger partial charge in [-0.25, -0.2) is 9.59 Å². The summed E-state index contributed by atoms with van der Waals surface area (Å²) in [6, 6.07) is 10.6. The van der Waals surface area contributed by atoms with Crippen molar-refractivity contribution < 1.29 is 23.9 Å². The van der Waals surface area contributed by atoms with E-state index in [1.54, 1.807) is 37.5 Å².